The predicted molar refractivity (Wildman–Crippen MR) is 124 cm³/mol. The van der Waals surface area contributed by atoms with Gasteiger partial charge in [0, 0.05) is 17.4 Å². The fraction of sp³-hybridized carbons (Fsp3) is 0.360. The van der Waals surface area contributed by atoms with Crippen molar-refractivity contribution in [2.45, 2.75) is 37.8 Å². The number of carbonyl (C=O) groups is 1. The number of ether oxygens (including phenoxy) is 3. The van der Waals surface area contributed by atoms with Gasteiger partial charge in [-0.05, 0) is 60.2 Å². The maximum Gasteiger partial charge on any atom is 0.434 e. The number of halogens is 3. The highest BCUT2D eigenvalue weighted by atomic mass is 32.1. The van der Waals surface area contributed by atoms with Crippen molar-refractivity contribution in [3.8, 4) is 27.8 Å². The highest BCUT2D eigenvalue weighted by Crippen LogP contribution is 2.38. The highest BCUT2D eigenvalue weighted by Gasteiger charge is 2.34. The van der Waals surface area contributed by atoms with E-state index in [1.165, 1.54) is 7.11 Å². The first-order chi connectivity index (χ1) is 16.7. The predicted octanol–water partition coefficient (Wildman–Crippen LogP) is 6.19. The standard InChI is InChI=1S/C25H24F3NO5S/c1-32-21-12-17(24-29-22(14-35-24)25(26,27)28)5-8-20(21)34-10-2-9-33-18-6-7-19-15(11-18)3-4-16(19)13-23(30)31/h5-8,11-12,14,16H,2-4,9-10,13H2,1H3,(H,30,31)/t16-/m0/s1. The van der Waals surface area contributed by atoms with Crippen molar-refractivity contribution in [3.05, 3.63) is 58.6 Å². The summed E-state index contributed by atoms with van der Waals surface area (Å²) >= 11 is 0.917. The molecule has 2 aromatic carbocycles. The number of carboxylic acid groups (broad SMARTS) is 1. The summed E-state index contributed by atoms with van der Waals surface area (Å²) < 4.78 is 55.4. The van der Waals surface area contributed by atoms with Gasteiger partial charge in [0.05, 0.1) is 26.7 Å². The van der Waals surface area contributed by atoms with Crippen LogP contribution in [0, 0.1) is 0 Å². The zero-order chi connectivity index (χ0) is 25.0. The molecule has 0 fully saturated rings. The number of nitrogens with zero attached hydrogens (tertiary/aromatic N) is 1. The Morgan fingerprint density at radius 2 is 1.94 bits per heavy atom. The average Bonchev–Trinajstić information content (AvgIpc) is 3.46. The molecule has 1 aliphatic carbocycles. The zero-order valence-corrected chi connectivity index (χ0v) is 19.7. The maximum atomic E-state index is 12.8. The molecule has 0 spiro atoms. The summed E-state index contributed by atoms with van der Waals surface area (Å²) in [5.41, 5.74) is 1.82. The van der Waals surface area contributed by atoms with Crippen LogP contribution < -0.4 is 14.2 Å². The van der Waals surface area contributed by atoms with Crippen molar-refractivity contribution in [1.29, 1.82) is 0 Å². The summed E-state index contributed by atoms with van der Waals surface area (Å²) in [6.07, 6.45) is -2.04. The average molecular weight is 508 g/mol. The second kappa shape index (κ2) is 10.6. The van der Waals surface area contributed by atoms with Gasteiger partial charge < -0.3 is 19.3 Å². The van der Waals surface area contributed by atoms with Gasteiger partial charge in [0.2, 0.25) is 0 Å². The number of thiazole rings is 1. The van der Waals surface area contributed by atoms with E-state index in [1.807, 2.05) is 18.2 Å². The number of aromatic nitrogens is 1. The minimum absolute atomic E-state index is 0.0635. The topological polar surface area (TPSA) is 77.9 Å². The first kappa shape index (κ1) is 24.8. The number of carboxylic acids is 1. The van der Waals surface area contributed by atoms with Gasteiger partial charge in [-0.2, -0.15) is 13.2 Å². The molecule has 35 heavy (non-hydrogen) atoms. The lowest BCUT2D eigenvalue weighted by atomic mass is 9.98. The molecule has 10 heteroatoms. The van der Waals surface area contributed by atoms with Crippen LogP contribution in [-0.2, 0) is 17.4 Å². The number of benzene rings is 2. The van der Waals surface area contributed by atoms with E-state index < -0.39 is 17.8 Å². The minimum Gasteiger partial charge on any atom is -0.493 e. The van der Waals surface area contributed by atoms with Gasteiger partial charge in [0.1, 0.15) is 10.8 Å². The molecular weight excluding hydrogens is 483 g/mol. The van der Waals surface area contributed by atoms with Gasteiger partial charge >= 0.3 is 12.1 Å². The Hall–Kier alpha value is -3.27. The van der Waals surface area contributed by atoms with Crippen molar-refractivity contribution in [2.24, 2.45) is 0 Å². The molecule has 3 aromatic rings. The van der Waals surface area contributed by atoms with E-state index in [0.717, 1.165) is 46.4 Å². The largest absolute Gasteiger partial charge is 0.493 e. The molecule has 0 bridgehead atoms. The lowest BCUT2D eigenvalue weighted by Crippen LogP contribution is -2.06. The maximum absolute atomic E-state index is 12.8. The van der Waals surface area contributed by atoms with Crippen LogP contribution >= 0.6 is 11.3 Å². The van der Waals surface area contributed by atoms with Gasteiger partial charge in [-0.1, -0.05) is 6.07 Å². The summed E-state index contributed by atoms with van der Waals surface area (Å²) in [7, 11) is 1.47. The number of alkyl halides is 3. The second-order valence-electron chi connectivity index (χ2n) is 8.15. The quantitative estimate of drug-likeness (QED) is 0.330. The first-order valence-corrected chi connectivity index (χ1v) is 11.9. The number of methoxy groups -OCH3 is 1. The molecule has 6 nitrogen and oxygen atoms in total. The highest BCUT2D eigenvalue weighted by molar-refractivity contribution is 7.13. The molecule has 1 heterocycles. The molecule has 0 unspecified atom stereocenters. The second-order valence-corrected chi connectivity index (χ2v) is 9.00. The number of hydrogen-bond acceptors (Lipinski definition) is 6. The van der Waals surface area contributed by atoms with E-state index in [-0.39, 0.29) is 17.3 Å². The summed E-state index contributed by atoms with van der Waals surface area (Å²) in [6, 6.07) is 10.7. The number of fused-ring (bicyclic) bond motifs is 1. The van der Waals surface area contributed by atoms with Crippen molar-refractivity contribution in [1.82, 2.24) is 4.98 Å². The molecule has 1 atom stereocenters. The van der Waals surface area contributed by atoms with E-state index in [4.69, 9.17) is 19.3 Å². The first-order valence-electron chi connectivity index (χ1n) is 11.1. The molecule has 1 N–H and O–H groups in total. The Balaban J connectivity index is 1.28. The van der Waals surface area contributed by atoms with Crippen molar-refractivity contribution in [2.75, 3.05) is 20.3 Å². The number of aliphatic carboxylic acids is 1. The van der Waals surface area contributed by atoms with Crippen LogP contribution in [0.3, 0.4) is 0 Å². The van der Waals surface area contributed by atoms with Crippen LogP contribution in [0.1, 0.15) is 42.0 Å². The number of hydrogen-bond donors (Lipinski definition) is 1. The van der Waals surface area contributed by atoms with Gasteiger partial charge in [0.15, 0.2) is 17.2 Å². The summed E-state index contributed by atoms with van der Waals surface area (Å²) in [5, 5.41) is 10.3. The Bertz CT molecular complexity index is 1190. The van der Waals surface area contributed by atoms with E-state index in [2.05, 4.69) is 4.98 Å². The Morgan fingerprint density at radius 3 is 2.66 bits per heavy atom. The van der Waals surface area contributed by atoms with E-state index in [1.54, 1.807) is 18.2 Å². The van der Waals surface area contributed by atoms with Gasteiger partial charge in [-0.3, -0.25) is 4.79 Å². The molecule has 4 rings (SSSR count). The van der Waals surface area contributed by atoms with Crippen molar-refractivity contribution in [3.63, 3.8) is 0 Å². The fourth-order valence-corrected chi connectivity index (χ4v) is 4.91. The molecule has 186 valence electrons. The molecule has 0 radical (unpaired) electrons. The molecule has 0 aliphatic heterocycles. The smallest absolute Gasteiger partial charge is 0.434 e. The summed E-state index contributed by atoms with van der Waals surface area (Å²) in [6.45, 7) is 0.786. The third-order valence-corrected chi connectivity index (χ3v) is 6.65. The molecule has 0 saturated heterocycles. The monoisotopic (exact) mass is 507 g/mol. The summed E-state index contributed by atoms with van der Waals surface area (Å²) in [4.78, 5) is 14.7. The van der Waals surface area contributed by atoms with Crippen LogP contribution in [0.25, 0.3) is 10.6 Å². The van der Waals surface area contributed by atoms with Crippen molar-refractivity contribution < 1.29 is 37.3 Å². The Morgan fingerprint density at radius 1 is 1.14 bits per heavy atom. The molecule has 0 saturated carbocycles. The third-order valence-electron chi connectivity index (χ3n) is 5.76. The zero-order valence-electron chi connectivity index (χ0n) is 18.9. The lowest BCUT2D eigenvalue weighted by molar-refractivity contribution is -0.140. The van der Waals surface area contributed by atoms with Crippen LogP contribution in [0.15, 0.2) is 41.8 Å². The molecule has 1 aromatic heterocycles. The van der Waals surface area contributed by atoms with Gasteiger partial charge in [-0.25, -0.2) is 4.98 Å². The number of rotatable bonds is 10. The van der Waals surface area contributed by atoms with E-state index in [0.29, 0.717) is 36.7 Å². The third kappa shape index (κ3) is 6.05. The molecule has 1 aliphatic rings. The Labute approximate surface area is 204 Å². The molecule has 0 amide bonds. The van der Waals surface area contributed by atoms with Gasteiger partial charge in [-0.15, -0.1) is 11.3 Å². The SMILES string of the molecule is COc1cc(-c2nc(C(F)(F)F)cs2)ccc1OCCCOc1ccc2c(c1)CC[C@H]2CC(=O)O. The van der Waals surface area contributed by atoms with E-state index >= 15 is 0 Å². The number of aryl methyl sites for hydroxylation is 1. The summed E-state index contributed by atoms with van der Waals surface area (Å²) in [5.74, 6) is 0.901. The minimum atomic E-state index is -4.48. The Kier molecular flexibility index (Phi) is 7.49. The lowest BCUT2D eigenvalue weighted by Gasteiger charge is -2.13. The van der Waals surface area contributed by atoms with Crippen LogP contribution in [0.5, 0.6) is 17.2 Å². The fourth-order valence-electron chi connectivity index (χ4n) is 4.08. The van der Waals surface area contributed by atoms with Crippen molar-refractivity contribution >= 4 is 17.3 Å². The van der Waals surface area contributed by atoms with Crippen LogP contribution in [-0.4, -0.2) is 36.4 Å². The molecular formula is C25H24F3NO5S. The van der Waals surface area contributed by atoms with Crippen LogP contribution in [0.2, 0.25) is 0 Å². The van der Waals surface area contributed by atoms with Gasteiger partial charge in [0.25, 0.3) is 0 Å². The van der Waals surface area contributed by atoms with E-state index in [9.17, 15) is 18.0 Å². The normalized spacial score (nSPS) is 15.0. The van der Waals surface area contributed by atoms with Crippen LogP contribution in [0.4, 0.5) is 13.2 Å².